The Hall–Kier alpha value is -1.81. The second-order valence-electron chi connectivity index (χ2n) is 3.55. The zero-order chi connectivity index (χ0) is 11.4. The van der Waals surface area contributed by atoms with Crippen LogP contribution in [0.3, 0.4) is 0 Å². The van der Waals surface area contributed by atoms with Crippen LogP contribution in [0.25, 0.3) is 11.0 Å². The molecule has 0 saturated carbocycles. The summed E-state index contributed by atoms with van der Waals surface area (Å²) in [6.07, 6.45) is 0. The maximum absolute atomic E-state index is 5.56. The quantitative estimate of drug-likeness (QED) is 0.632. The second kappa shape index (κ2) is 4.81. The van der Waals surface area contributed by atoms with Gasteiger partial charge in [0.15, 0.2) is 6.61 Å². The fourth-order valence-electron chi connectivity index (χ4n) is 1.35. The van der Waals surface area contributed by atoms with Gasteiger partial charge in [-0.2, -0.15) is 0 Å². The number of rotatable bonds is 4. The summed E-state index contributed by atoms with van der Waals surface area (Å²) in [6.45, 7) is 2.55. The number of hydrogen-bond donors (Lipinski definition) is 1. The summed E-state index contributed by atoms with van der Waals surface area (Å²) in [4.78, 5) is 5.12. The number of fused-ring (bicyclic) bond motifs is 1. The SMILES string of the molecule is CC(CN)=NOCc1cc2ccccc2o1. The third-order valence-electron chi connectivity index (χ3n) is 2.20. The monoisotopic (exact) mass is 218 g/mol. The number of nitrogens with zero attached hydrogens (tertiary/aromatic N) is 1. The summed E-state index contributed by atoms with van der Waals surface area (Å²) in [7, 11) is 0. The van der Waals surface area contributed by atoms with E-state index >= 15 is 0 Å². The van der Waals surface area contributed by atoms with Gasteiger partial charge in [0.25, 0.3) is 0 Å². The molecule has 0 spiro atoms. The van der Waals surface area contributed by atoms with E-state index in [1.807, 2.05) is 37.3 Å². The third-order valence-corrected chi connectivity index (χ3v) is 2.20. The van der Waals surface area contributed by atoms with E-state index in [1.54, 1.807) is 0 Å². The number of benzene rings is 1. The predicted molar refractivity (Wildman–Crippen MR) is 63.2 cm³/mol. The van der Waals surface area contributed by atoms with Crippen molar-refractivity contribution in [1.29, 1.82) is 0 Å². The molecule has 1 aromatic carbocycles. The molecule has 0 fully saturated rings. The molecule has 0 aliphatic heterocycles. The predicted octanol–water partition coefficient (Wildman–Crippen LogP) is 2.28. The van der Waals surface area contributed by atoms with Crippen molar-refractivity contribution in [3.05, 3.63) is 36.1 Å². The van der Waals surface area contributed by atoms with Crippen molar-refractivity contribution in [2.24, 2.45) is 10.9 Å². The zero-order valence-corrected chi connectivity index (χ0v) is 9.14. The van der Waals surface area contributed by atoms with Crippen molar-refractivity contribution < 1.29 is 9.25 Å². The molecule has 4 heteroatoms. The molecule has 2 aromatic rings. The van der Waals surface area contributed by atoms with Crippen LogP contribution in [0.2, 0.25) is 0 Å². The van der Waals surface area contributed by atoms with Gasteiger partial charge in [-0.05, 0) is 19.1 Å². The molecule has 4 nitrogen and oxygen atoms in total. The summed E-state index contributed by atoms with van der Waals surface area (Å²) in [5.41, 5.74) is 7.00. The van der Waals surface area contributed by atoms with Crippen molar-refractivity contribution in [2.75, 3.05) is 6.54 Å². The van der Waals surface area contributed by atoms with Crippen LogP contribution in [0, 0.1) is 0 Å². The van der Waals surface area contributed by atoms with Crippen LogP contribution in [-0.2, 0) is 11.4 Å². The van der Waals surface area contributed by atoms with Gasteiger partial charge in [0, 0.05) is 11.9 Å². The van der Waals surface area contributed by atoms with Gasteiger partial charge in [-0.3, -0.25) is 0 Å². The molecule has 84 valence electrons. The van der Waals surface area contributed by atoms with Gasteiger partial charge in [-0.1, -0.05) is 23.4 Å². The highest BCUT2D eigenvalue weighted by Crippen LogP contribution is 2.19. The van der Waals surface area contributed by atoms with Gasteiger partial charge in [0.1, 0.15) is 11.3 Å². The highest BCUT2D eigenvalue weighted by atomic mass is 16.6. The van der Waals surface area contributed by atoms with E-state index in [1.165, 1.54) is 0 Å². The first-order chi connectivity index (χ1) is 7.79. The summed E-state index contributed by atoms with van der Waals surface area (Å²) in [6, 6.07) is 9.78. The van der Waals surface area contributed by atoms with Crippen LogP contribution in [0.1, 0.15) is 12.7 Å². The highest BCUT2D eigenvalue weighted by Gasteiger charge is 2.02. The van der Waals surface area contributed by atoms with Crippen LogP contribution in [-0.4, -0.2) is 12.3 Å². The van der Waals surface area contributed by atoms with E-state index in [0.29, 0.717) is 13.2 Å². The van der Waals surface area contributed by atoms with Crippen molar-refractivity contribution in [1.82, 2.24) is 0 Å². The molecule has 2 N–H and O–H groups in total. The second-order valence-corrected chi connectivity index (χ2v) is 3.55. The van der Waals surface area contributed by atoms with E-state index in [9.17, 15) is 0 Å². The Kier molecular flexibility index (Phi) is 3.22. The molecule has 0 bridgehead atoms. The van der Waals surface area contributed by atoms with Gasteiger partial charge < -0.3 is 15.0 Å². The van der Waals surface area contributed by atoms with Crippen LogP contribution >= 0.6 is 0 Å². The lowest BCUT2D eigenvalue weighted by molar-refractivity contribution is 0.115. The first kappa shape index (κ1) is 10.7. The molecule has 0 amide bonds. The molecule has 1 heterocycles. The first-order valence-corrected chi connectivity index (χ1v) is 5.12. The molecule has 2 rings (SSSR count). The third kappa shape index (κ3) is 2.41. The lowest BCUT2D eigenvalue weighted by atomic mass is 10.2. The Balaban J connectivity index is 2.05. The maximum atomic E-state index is 5.56. The van der Waals surface area contributed by atoms with E-state index in [-0.39, 0.29) is 0 Å². The van der Waals surface area contributed by atoms with Crippen molar-refractivity contribution >= 4 is 16.7 Å². The van der Waals surface area contributed by atoms with Gasteiger partial charge in [0.2, 0.25) is 0 Å². The number of hydrogen-bond acceptors (Lipinski definition) is 4. The topological polar surface area (TPSA) is 60.8 Å². The smallest absolute Gasteiger partial charge is 0.174 e. The Morgan fingerprint density at radius 1 is 1.44 bits per heavy atom. The molecular formula is C12H14N2O2. The van der Waals surface area contributed by atoms with Crippen molar-refractivity contribution in [3.8, 4) is 0 Å². The van der Waals surface area contributed by atoms with E-state index in [0.717, 1.165) is 22.4 Å². The van der Waals surface area contributed by atoms with Crippen LogP contribution in [0.15, 0.2) is 39.9 Å². The van der Waals surface area contributed by atoms with Crippen LogP contribution < -0.4 is 5.73 Å². The molecule has 16 heavy (non-hydrogen) atoms. The highest BCUT2D eigenvalue weighted by molar-refractivity contribution is 5.83. The van der Waals surface area contributed by atoms with Gasteiger partial charge in [-0.25, -0.2) is 0 Å². The lowest BCUT2D eigenvalue weighted by Crippen LogP contribution is -2.09. The Morgan fingerprint density at radius 2 is 2.25 bits per heavy atom. The van der Waals surface area contributed by atoms with Gasteiger partial charge in [0.05, 0.1) is 5.71 Å². The summed E-state index contributed by atoms with van der Waals surface area (Å²) in [5, 5.41) is 4.91. The average Bonchev–Trinajstić information content (AvgIpc) is 2.71. The Bertz CT molecular complexity index is 469. The molecule has 0 saturated heterocycles. The van der Waals surface area contributed by atoms with Crippen molar-refractivity contribution in [2.45, 2.75) is 13.5 Å². The number of furan rings is 1. The summed E-state index contributed by atoms with van der Waals surface area (Å²) in [5.74, 6) is 0.759. The molecule has 0 unspecified atom stereocenters. The fourth-order valence-corrected chi connectivity index (χ4v) is 1.35. The molecule has 0 radical (unpaired) electrons. The molecule has 1 aromatic heterocycles. The van der Waals surface area contributed by atoms with E-state index in [2.05, 4.69) is 5.16 Å². The lowest BCUT2D eigenvalue weighted by Gasteiger charge is -1.97. The molecule has 0 aliphatic rings. The van der Waals surface area contributed by atoms with Crippen LogP contribution in [0.5, 0.6) is 0 Å². The van der Waals surface area contributed by atoms with Gasteiger partial charge >= 0.3 is 0 Å². The zero-order valence-electron chi connectivity index (χ0n) is 9.14. The van der Waals surface area contributed by atoms with E-state index < -0.39 is 0 Å². The number of para-hydroxylation sites is 1. The normalized spacial score (nSPS) is 12.0. The van der Waals surface area contributed by atoms with Crippen molar-refractivity contribution in [3.63, 3.8) is 0 Å². The minimum Gasteiger partial charge on any atom is -0.457 e. The maximum Gasteiger partial charge on any atom is 0.174 e. The standard InChI is InChI=1S/C12H14N2O2/c1-9(7-13)14-15-8-11-6-10-4-2-3-5-12(10)16-11/h2-6H,7-8,13H2,1H3. The summed E-state index contributed by atoms with van der Waals surface area (Å²) < 4.78 is 5.56. The largest absolute Gasteiger partial charge is 0.457 e. The molecular weight excluding hydrogens is 204 g/mol. The van der Waals surface area contributed by atoms with Gasteiger partial charge in [-0.15, -0.1) is 0 Å². The molecule has 0 aliphatic carbocycles. The molecule has 0 atom stereocenters. The minimum atomic E-state index is 0.325. The Labute approximate surface area is 93.7 Å². The fraction of sp³-hybridized carbons (Fsp3) is 0.250. The number of nitrogens with two attached hydrogens (primary N) is 1. The Morgan fingerprint density at radius 3 is 3.00 bits per heavy atom. The van der Waals surface area contributed by atoms with Crippen LogP contribution in [0.4, 0.5) is 0 Å². The first-order valence-electron chi connectivity index (χ1n) is 5.12. The number of oxime groups is 1. The average molecular weight is 218 g/mol. The summed E-state index contributed by atoms with van der Waals surface area (Å²) >= 11 is 0. The van der Waals surface area contributed by atoms with E-state index in [4.69, 9.17) is 15.0 Å². The minimum absolute atomic E-state index is 0.325.